The third-order valence-corrected chi connectivity index (χ3v) is 3.39. The van der Waals surface area contributed by atoms with Crippen LogP contribution in [0.5, 0.6) is 0 Å². The summed E-state index contributed by atoms with van der Waals surface area (Å²) in [6.07, 6.45) is 2.23. The highest BCUT2D eigenvalue weighted by Crippen LogP contribution is 2.23. The molecule has 0 radical (unpaired) electrons. The molecule has 0 atom stereocenters. The lowest BCUT2D eigenvalue weighted by Crippen LogP contribution is -1.98. The van der Waals surface area contributed by atoms with E-state index in [0.29, 0.717) is 12.0 Å². The molecule has 0 unspecified atom stereocenters. The van der Waals surface area contributed by atoms with Gasteiger partial charge in [-0.1, -0.05) is 43.3 Å². The van der Waals surface area contributed by atoms with Crippen LogP contribution in [0, 0.1) is 0 Å². The average molecular weight is 281 g/mol. The summed E-state index contributed by atoms with van der Waals surface area (Å²) in [4.78, 5) is 11.0. The molecule has 3 nitrogen and oxygen atoms in total. The van der Waals surface area contributed by atoms with E-state index in [1.54, 1.807) is 6.08 Å². The zero-order chi connectivity index (χ0) is 15.2. The largest absolute Gasteiger partial charge is 0.478 e. The van der Waals surface area contributed by atoms with E-state index in [1.165, 1.54) is 0 Å². The van der Waals surface area contributed by atoms with Crippen molar-refractivity contribution >= 4 is 17.7 Å². The van der Waals surface area contributed by atoms with Crippen LogP contribution in [0.1, 0.15) is 18.9 Å². The molecule has 0 aliphatic rings. The lowest BCUT2D eigenvalue weighted by molar-refractivity contribution is -0.132. The number of hydrogen-bond acceptors (Lipinski definition) is 2. The molecule has 0 amide bonds. The molecule has 0 bridgehead atoms. The van der Waals surface area contributed by atoms with Crippen molar-refractivity contribution in [2.75, 3.05) is 12.4 Å². The fourth-order valence-corrected chi connectivity index (χ4v) is 2.14. The van der Waals surface area contributed by atoms with Crippen LogP contribution in [-0.2, 0) is 4.79 Å². The van der Waals surface area contributed by atoms with E-state index in [4.69, 9.17) is 5.11 Å². The Labute approximate surface area is 124 Å². The van der Waals surface area contributed by atoms with Crippen molar-refractivity contribution in [3.8, 4) is 11.1 Å². The first-order valence-electron chi connectivity index (χ1n) is 6.96. The fourth-order valence-electron chi connectivity index (χ4n) is 2.14. The minimum Gasteiger partial charge on any atom is -0.478 e. The summed E-state index contributed by atoms with van der Waals surface area (Å²) in [5.41, 5.74) is 4.63. The molecule has 108 valence electrons. The van der Waals surface area contributed by atoms with Gasteiger partial charge in [-0.15, -0.1) is 0 Å². The van der Waals surface area contributed by atoms with Gasteiger partial charge in [-0.2, -0.15) is 0 Å². The molecule has 2 aromatic carbocycles. The van der Waals surface area contributed by atoms with Gasteiger partial charge in [-0.05, 0) is 41.3 Å². The second-order valence-corrected chi connectivity index (χ2v) is 4.78. The molecular weight excluding hydrogens is 262 g/mol. The maximum Gasteiger partial charge on any atom is 0.331 e. The summed E-state index contributed by atoms with van der Waals surface area (Å²) < 4.78 is 0. The van der Waals surface area contributed by atoms with Crippen molar-refractivity contribution in [3.63, 3.8) is 0 Å². The number of benzene rings is 2. The summed E-state index contributed by atoms with van der Waals surface area (Å²) in [6, 6.07) is 16.1. The highest BCUT2D eigenvalue weighted by molar-refractivity contribution is 5.92. The number of hydrogen-bond donors (Lipinski definition) is 2. The number of carbonyl (C=O) groups is 1. The van der Waals surface area contributed by atoms with Crippen LogP contribution in [0.25, 0.3) is 17.2 Å². The van der Waals surface area contributed by atoms with Gasteiger partial charge in [0.15, 0.2) is 0 Å². The van der Waals surface area contributed by atoms with Crippen molar-refractivity contribution in [2.45, 2.75) is 13.3 Å². The second-order valence-electron chi connectivity index (χ2n) is 4.78. The van der Waals surface area contributed by atoms with Gasteiger partial charge in [0, 0.05) is 18.3 Å². The molecule has 0 aliphatic carbocycles. The maximum absolute atomic E-state index is 11.0. The van der Waals surface area contributed by atoms with Crippen LogP contribution < -0.4 is 5.32 Å². The van der Waals surface area contributed by atoms with Gasteiger partial charge in [0.25, 0.3) is 0 Å². The van der Waals surface area contributed by atoms with Gasteiger partial charge in [0.1, 0.15) is 0 Å². The molecule has 0 aromatic heterocycles. The van der Waals surface area contributed by atoms with Gasteiger partial charge in [-0.3, -0.25) is 0 Å². The summed E-state index contributed by atoms with van der Waals surface area (Å²) in [7, 11) is 1.89. The van der Waals surface area contributed by atoms with Crippen LogP contribution in [0.2, 0.25) is 0 Å². The number of nitrogens with one attached hydrogen (secondary N) is 1. The predicted molar refractivity (Wildman–Crippen MR) is 87.3 cm³/mol. The van der Waals surface area contributed by atoms with Crippen LogP contribution in [0.4, 0.5) is 5.69 Å². The van der Waals surface area contributed by atoms with E-state index >= 15 is 0 Å². The van der Waals surface area contributed by atoms with Crippen LogP contribution in [-0.4, -0.2) is 18.1 Å². The van der Waals surface area contributed by atoms with Crippen LogP contribution in [0.15, 0.2) is 54.1 Å². The first-order valence-corrected chi connectivity index (χ1v) is 6.96. The van der Waals surface area contributed by atoms with Gasteiger partial charge in [0.05, 0.1) is 0 Å². The van der Waals surface area contributed by atoms with Crippen molar-refractivity contribution in [3.05, 3.63) is 59.7 Å². The zero-order valence-corrected chi connectivity index (χ0v) is 12.3. The molecule has 3 heteroatoms. The van der Waals surface area contributed by atoms with E-state index in [9.17, 15) is 4.79 Å². The van der Waals surface area contributed by atoms with E-state index in [-0.39, 0.29) is 0 Å². The molecule has 0 saturated heterocycles. The highest BCUT2D eigenvalue weighted by Gasteiger charge is 2.04. The fraction of sp³-hybridized carbons (Fsp3) is 0.167. The lowest BCUT2D eigenvalue weighted by atomic mass is 10.0. The van der Waals surface area contributed by atoms with Gasteiger partial charge in [0.2, 0.25) is 0 Å². The molecule has 0 heterocycles. The molecule has 0 fully saturated rings. The second kappa shape index (κ2) is 6.75. The van der Waals surface area contributed by atoms with Gasteiger partial charge in [-0.25, -0.2) is 4.79 Å². The SMILES string of the molecule is CCC(=Cc1ccc(-c2cccc(NC)c2)cc1)C(=O)O. The molecule has 0 spiro atoms. The smallest absolute Gasteiger partial charge is 0.331 e. The number of rotatable bonds is 5. The first kappa shape index (κ1) is 14.9. The van der Waals surface area contributed by atoms with E-state index in [0.717, 1.165) is 22.4 Å². The summed E-state index contributed by atoms with van der Waals surface area (Å²) in [6.45, 7) is 1.84. The average Bonchev–Trinajstić information content (AvgIpc) is 2.53. The molecule has 2 aromatic rings. The van der Waals surface area contributed by atoms with Crippen LogP contribution >= 0.6 is 0 Å². The van der Waals surface area contributed by atoms with Crippen molar-refractivity contribution in [2.24, 2.45) is 0 Å². The normalized spacial score (nSPS) is 11.2. The minimum absolute atomic E-state index is 0.417. The Hall–Kier alpha value is -2.55. The van der Waals surface area contributed by atoms with Gasteiger partial charge >= 0.3 is 5.97 Å². The van der Waals surface area contributed by atoms with Crippen molar-refractivity contribution < 1.29 is 9.90 Å². The molecule has 21 heavy (non-hydrogen) atoms. The Morgan fingerprint density at radius 3 is 2.43 bits per heavy atom. The first-order chi connectivity index (χ1) is 10.1. The molecule has 0 aliphatic heterocycles. The summed E-state index contributed by atoms with van der Waals surface area (Å²) in [5.74, 6) is -0.858. The van der Waals surface area contributed by atoms with Crippen molar-refractivity contribution in [1.29, 1.82) is 0 Å². The van der Waals surface area contributed by atoms with E-state index in [2.05, 4.69) is 17.4 Å². The predicted octanol–water partition coefficient (Wildman–Crippen LogP) is 4.27. The summed E-state index contributed by atoms with van der Waals surface area (Å²) >= 11 is 0. The molecule has 0 saturated carbocycles. The van der Waals surface area contributed by atoms with Gasteiger partial charge < -0.3 is 10.4 Å². The zero-order valence-electron chi connectivity index (χ0n) is 12.3. The Morgan fingerprint density at radius 2 is 1.86 bits per heavy atom. The van der Waals surface area contributed by atoms with Crippen LogP contribution in [0.3, 0.4) is 0 Å². The Balaban J connectivity index is 2.28. The highest BCUT2D eigenvalue weighted by atomic mass is 16.4. The number of carboxylic acids is 1. The minimum atomic E-state index is -0.858. The lowest BCUT2D eigenvalue weighted by Gasteiger charge is -2.06. The van der Waals surface area contributed by atoms with Crippen molar-refractivity contribution in [1.82, 2.24) is 0 Å². The summed E-state index contributed by atoms with van der Waals surface area (Å²) in [5, 5.41) is 12.2. The Morgan fingerprint density at radius 1 is 1.14 bits per heavy atom. The van der Waals surface area contributed by atoms with E-state index < -0.39 is 5.97 Å². The third-order valence-electron chi connectivity index (χ3n) is 3.39. The molecule has 2 N–H and O–H groups in total. The topological polar surface area (TPSA) is 49.3 Å². The van der Waals surface area contributed by atoms with E-state index in [1.807, 2.05) is 50.4 Å². The molecule has 2 rings (SSSR count). The number of anilines is 1. The quantitative estimate of drug-likeness (QED) is 0.804. The standard InChI is InChI=1S/C18H19NO2/c1-3-14(18(20)21)11-13-7-9-15(10-8-13)16-5-4-6-17(12-16)19-2/h4-12,19H,3H2,1-2H3,(H,20,21). The number of carboxylic acid groups (broad SMARTS) is 1. The Bertz CT molecular complexity index is 657. The molecular formula is C18H19NO2. The monoisotopic (exact) mass is 281 g/mol. The Kier molecular flexibility index (Phi) is 4.77. The number of aliphatic carboxylic acids is 1. The third kappa shape index (κ3) is 3.72. The maximum atomic E-state index is 11.0.